The van der Waals surface area contributed by atoms with Crippen LogP contribution in [0.25, 0.3) is 16.3 Å². The van der Waals surface area contributed by atoms with Gasteiger partial charge in [-0.05, 0) is 42.0 Å². The van der Waals surface area contributed by atoms with E-state index in [4.69, 9.17) is 0 Å². The largest absolute Gasteiger partial charge is 0.345 e. The van der Waals surface area contributed by atoms with Gasteiger partial charge in [-0.1, -0.05) is 0 Å². The first kappa shape index (κ1) is 18.6. The number of thioether (sulfide) groups is 1. The van der Waals surface area contributed by atoms with Crippen molar-refractivity contribution in [1.82, 2.24) is 19.9 Å². The quantitative estimate of drug-likeness (QED) is 0.487. The van der Waals surface area contributed by atoms with Gasteiger partial charge in [0.05, 0.1) is 17.8 Å². The van der Waals surface area contributed by atoms with Crippen LogP contribution in [0.4, 0.5) is 0 Å². The molecule has 5 nitrogen and oxygen atoms in total. The third-order valence-corrected chi connectivity index (χ3v) is 8.06. The number of thiophene rings is 1. The fourth-order valence-corrected chi connectivity index (χ4v) is 6.58. The molecular formula is C21H18N4OS3. The number of pyridine rings is 1. The summed E-state index contributed by atoms with van der Waals surface area (Å²) in [5.74, 6) is 2.04. The molecule has 146 valence electrons. The zero-order chi connectivity index (χ0) is 19.6. The van der Waals surface area contributed by atoms with Crippen molar-refractivity contribution in [1.29, 1.82) is 0 Å². The first-order valence-electron chi connectivity index (χ1n) is 9.28. The SMILES string of the molecule is O=C(NCc1nc(-c2ccncc2)cs1)c1c(-n2cccc2)sc2c1CCSC2. The second-order valence-electron chi connectivity index (χ2n) is 6.62. The lowest BCUT2D eigenvalue weighted by Gasteiger charge is -2.13. The topological polar surface area (TPSA) is 59.8 Å². The average Bonchev–Trinajstić information content (AvgIpc) is 3.52. The Labute approximate surface area is 180 Å². The van der Waals surface area contributed by atoms with Gasteiger partial charge in [0, 0.05) is 46.4 Å². The molecule has 0 fully saturated rings. The van der Waals surface area contributed by atoms with Crippen LogP contribution in [0, 0.1) is 0 Å². The number of fused-ring (bicyclic) bond motifs is 1. The molecule has 0 unspecified atom stereocenters. The predicted octanol–water partition coefficient (Wildman–Crippen LogP) is 4.78. The third-order valence-electron chi connectivity index (χ3n) is 4.80. The van der Waals surface area contributed by atoms with E-state index in [1.54, 1.807) is 35.1 Å². The average molecular weight is 439 g/mol. The number of nitrogens with one attached hydrogen (secondary N) is 1. The summed E-state index contributed by atoms with van der Waals surface area (Å²) in [5.41, 5.74) is 3.99. The van der Waals surface area contributed by atoms with Crippen molar-refractivity contribution in [2.24, 2.45) is 0 Å². The molecule has 0 bridgehead atoms. The molecule has 0 radical (unpaired) electrons. The van der Waals surface area contributed by atoms with E-state index in [2.05, 4.69) is 15.3 Å². The molecule has 1 N–H and O–H groups in total. The number of aromatic nitrogens is 3. The third kappa shape index (κ3) is 3.75. The predicted molar refractivity (Wildman–Crippen MR) is 120 cm³/mol. The maximum Gasteiger partial charge on any atom is 0.254 e. The van der Waals surface area contributed by atoms with Crippen LogP contribution in [-0.4, -0.2) is 26.2 Å². The van der Waals surface area contributed by atoms with E-state index in [9.17, 15) is 4.79 Å². The van der Waals surface area contributed by atoms with Crippen molar-refractivity contribution >= 4 is 40.3 Å². The van der Waals surface area contributed by atoms with Gasteiger partial charge in [-0.15, -0.1) is 22.7 Å². The van der Waals surface area contributed by atoms with Crippen LogP contribution in [-0.2, 0) is 18.7 Å². The lowest BCUT2D eigenvalue weighted by atomic mass is 10.1. The minimum atomic E-state index is -0.0150. The Kier molecular flexibility index (Phi) is 5.22. The molecule has 0 aliphatic carbocycles. The summed E-state index contributed by atoms with van der Waals surface area (Å²) in [6.45, 7) is 0.430. The molecule has 5 rings (SSSR count). The summed E-state index contributed by atoms with van der Waals surface area (Å²) in [4.78, 5) is 23.2. The molecule has 1 amide bonds. The number of carbonyl (C=O) groups is 1. The van der Waals surface area contributed by atoms with Gasteiger partial charge >= 0.3 is 0 Å². The van der Waals surface area contributed by atoms with Crippen LogP contribution >= 0.6 is 34.4 Å². The summed E-state index contributed by atoms with van der Waals surface area (Å²) in [7, 11) is 0. The number of nitrogens with zero attached hydrogens (tertiary/aromatic N) is 3. The highest BCUT2D eigenvalue weighted by Gasteiger charge is 2.26. The van der Waals surface area contributed by atoms with Crippen LogP contribution in [0.2, 0.25) is 0 Å². The summed E-state index contributed by atoms with van der Waals surface area (Å²) >= 11 is 5.23. The normalized spacial score (nSPS) is 13.2. The van der Waals surface area contributed by atoms with Gasteiger partial charge in [0.25, 0.3) is 5.91 Å². The van der Waals surface area contributed by atoms with Crippen LogP contribution in [0.1, 0.15) is 25.8 Å². The van der Waals surface area contributed by atoms with E-state index in [1.165, 1.54) is 10.4 Å². The van der Waals surface area contributed by atoms with Crippen LogP contribution in [0.5, 0.6) is 0 Å². The van der Waals surface area contributed by atoms with Crippen LogP contribution < -0.4 is 5.32 Å². The van der Waals surface area contributed by atoms with Crippen molar-refractivity contribution in [3.63, 3.8) is 0 Å². The van der Waals surface area contributed by atoms with E-state index in [-0.39, 0.29) is 5.91 Å². The van der Waals surface area contributed by atoms with Gasteiger partial charge in [0.1, 0.15) is 10.0 Å². The van der Waals surface area contributed by atoms with Crippen LogP contribution in [0.15, 0.2) is 54.4 Å². The van der Waals surface area contributed by atoms with Crippen molar-refractivity contribution in [3.05, 3.63) is 75.4 Å². The van der Waals surface area contributed by atoms with Crippen molar-refractivity contribution in [3.8, 4) is 16.3 Å². The molecule has 0 aromatic carbocycles. The van der Waals surface area contributed by atoms with Gasteiger partial charge in [-0.2, -0.15) is 11.8 Å². The number of rotatable bonds is 5. The molecule has 0 saturated heterocycles. The Morgan fingerprint density at radius 2 is 2.03 bits per heavy atom. The monoisotopic (exact) mass is 438 g/mol. The Morgan fingerprint density at radius 3 is 2.86 bits per heavy atom. The smallest absolute Gasteiger partial charge is 0.254 e. The molecule has 1 aliphatic heterocycles. The second-order valence-corrected chi connectivity index (χ2v) is 9.75. The maximum absolute atomic E-state index is 13.2. The molecule has 4 aromatic heterocycles. The molecular weight excluding hydrogens is 420 g/mol. The Morgan fingerprint density at radius 1 is 1.21 bits per heavy atom. The van der Waals surface area contributed by atoms with Gasteiger partial charge < -0.3 is 9.88 Å². The lowest BCUT2D eigenvalue weighted by molar-refractivity contribution is 0.0950. The van der Waals surface area contributed by atoms with E-state index in [0.717, 1.165) is 44.8 Å². The number of carbonyl (C=O) groups excluding carboxylic acids is 1. The van der Waals surface area contributed by atoms with E-state index in [1.807, 2.05) is 58.4 Å². The molecule has 4 aromatic rings. The molecule has 0 spiro atoms. The first-order chi connectivity index (χ1) is 14.3. The van der Waals surface area contributed by atoms with Gasteiger partial charge in [-0.3, -0.25) is 9.78 Å². The number of hydrogen-bond acceptors (Lipinski definition) is 6. The lowest BCUT2D eigenvalue weighted by Crippen LogP contribution is -2.25. The van der Waals surface area contributed by atoms with Crippen LogP contribution in [0.3, 0.4) is 0 Å². The minimum absolute atomic E-state index is 0.0150. The van der Waals surface area contributed by atoms with Gasteiger partial charge in [0.2, 0.25) is 0 Å². The highest BCUT2D eigenvalue weighted by Crippen LogP contribution is 2.38. The van der Waals surface area contributed by atoms with Gasteiger partial charge in [0.15, 0.2) is 0 Å². The summed E-state index contributed by atoms with van der Waals surface area (Å²) in [6.07, 6.45) is 8.48. The standard InChI is InChI=1S/C21H18N4OS3/c26-20(23-11-18-24-16(12-28-18)14-3-6-22-7-4-14)19-15-5-10-27-13-17(15)29-21(19)25-8-1-2-9-25/h1-4,6-9,12H,5,10-11,13H2,(H,23,26). The summed E-state index contributed by atoms with van der Waals surface area (Å²) < 4.78 is 2.05. The molecule has 5 heterocycles. The molecule has 0 saturated carbocycles. The van der Waals surface area contributed by atoms with Crippen molar-refractivity contribution in [2.45, 2.75) is 18.7 Å². The zero-order valence-electron chi connectivity index (χ0n) is 15.5. The Hall–Kier alpha value is -2.42. The van der Waals surface area contributed by atoms with Gasteiger partial charge in [-0.25, -0.2) is 4.98 Å². The van der Waals surface area contributed by atoms with Crippen molar-refractivity contribution < 1.29 is 4.79 Å². The van der Waals surface area contributed by atoms with E-state index >= 15 is 0 Å². The zero-order valence-corrected chi connectivity index (χ0v) is 17.9. The highest BCUT2D eigenvalue weighted by atomic mass is 32.2. The molecule has 0 atom stereocenters. The maximum atomic E-state index is 13.2. The van der Waals surface area contributed by atoms with E-state index in [0.29, 0.717) is 6.54 Å². The summed E-state index contributed by atoms with van der Waals surface area (Å²) in [5, 5.41) is 7.03. The highest BCUT2D eigenvalue weighted by molar-refractivity contribution is 7.98. The Balaban J connectivity index is 1.38. The fraction of sp³-hybridized carbons (Fsp3) is 0.190. The van der Waals surface area contributed by atoms with E-state index < -0.39 is 0 Å². The number of amides is 1. The molecule has 29 heavy (non-hydrogen) atoms. The minimum Gasteiger partial charge on any atom is -0.345 e. The summed E-state index contributed by atoms with van der Waals surface area (Å²) in [6, 6.07) is 7.86. The van der Waals surface area contributed by atoms with Crippen molar-refractivity contribution in [2.75, 3.05) is 5.75 Å². The molecule has 1 aliphatic rings. The fourth-order valence-electron chi connectivity index (χ4n) is 3.40. The second kappa shape index (κ2) is 8.14. The number of thiazole rings is 1. The Bertz CT molecular complexity index is 1130. The first-order valence-corrected chi connectivity index (χ1v) is 12.1. The molecule has 8 heteroatoms. The number of hydrogen-bond donors (Lipinski definition) is 1.